The second-order valence-corrected chi connectivity index (χ2v) is 7.06. The fourth-order valence-electron chi connectivity index (χ4n) is 4.20. The molecule has 0 saturated heterocycles. The number of para-hydroxylation sites is 1. The highest BCUT2D eigenvalue weighted by Crippen LogP contribution is 2.54. The summed E-state index contributed by atoms with van der Waals surface area (Å²) in [6, 6.07) is 21.9. The van der Waals surface area contributed by atoms with Gasteiger partial charge in [0.15, 0.2) is 0 Å². The van der Waals surface area contributed by atoms with Gasteiger partial charge in [-0.15, -0.1) is 0 Å². The van der Waals surface area contributed by atoms with Crippen LogP contribution in [-0.4, -0.2) is 19.0 Å². The van der Waals surface area contributed by atoms with Gasteiger partial charge in [0, 0.05) is 17.1 Å². The molecular formula is C25H19FO4. The maximum absolute atomic E-state index is 13.7. The second kappa shape index (κ2) is 7.59. The molecule has 5 heteroatoms. The molecule has 30 heavy (non-hydrogen) atoms. The van der Waals surface area contributed by atoms with Gasteiger partial charge in [0.2, 0.25) is 0 Å². The zero-order chi connectivity index (χ0) is 21.3. The van der Waals surface area contributed by atoms with E-state index in [9.17, 15) is 14.0 Å². The van der Waals surface area contributed by atoms with Gasteiger partial charge in [0.1, 0.15) is 17.0 Å². The molecule has 1 aliphatic heterocycles. The Morgan fingerprint density at radius 2 is 1.63 bits per heavy atom. The average Bonchev–Trinajstić information content (AvgIpc) is 3.07. The molecule has 4 rings (SSSR count). The van der Waals surface area contributed by atoms with Crippen LogP contribution in [0.5, 0.6) is 5.75 Å². The Hall–Kier alpha value is -3.73. The van der Waals surface area contributed by atoms with Crippen LogP contribution in [0.4, 0.5) is 4.39 Å². The molecule has 3 aromatic carbocycles. The van der Waals surface area contributed by atoms with Gasteiger partial charge in [-0.3, -0.25) is 4.79 Å². The Morgan fingerprint density at radius 3 is 2.30 bits per heavy atom. The molecule has 0 spiro atoms. The molecule has 0 aromatic heterocycles. The Kier molecular flexibility index (Phi) is 4.96. The van der Waals surface area contributed by atoms with Gasteiger partial charge in [-0.25, -0.2) is 9.18 Å². The van der Waals surface area contributed by atoms with Crippen molar-refractivity contribution in [2.75, 3.05) is 7.11 Å². The molecule has 0 saturated carbocycles. The van der Waals surface area contributed by atoms with Crippen LogP contribution < -0.4 is 4.74 Å². The van der Waals surface area contributed by atoms with Gasteiger partial charge >= 0.3 is 11.9 Å². The number of rotatable bonds is 5. The fourth-order valence-corrected chi connectivity index (χ4v) is 4.20. The number of hydrogen-bond donors (Lipinski definition) is 0. The first kappa shape index (κ1) is 19.6. The lowest BCUT2D eigenvalue weighted by molar-refractivity contribution is -0.138. The Balaban J connectivity index is 2.08. The minimum atomic E-state index is -1.39. The lowest BCUT2D eigenvalue weighted by Gasteiger charge is -2.36. The van der Waals surface area contributed by atoms with Crippen molar-refractivity contribution in [3.63, 3.8) is 0 Å². The molecular weight excluding hydrogens is 383 g/mol. The summed E-state index contributed by atoms with van der Waals surface area (Å²) in [7, 11) is 1.26. The molecule has 4 nitrogen and oxygen atoms in total. The molecule has 150 valence electrons. The average molecular weight is 402 g/mol. The number of halogens is 1. The van der Waals surface area contributed by atoms with E-state index in [4.69, 9.17) is 9.47 Å². The van der Waals surface area contributed by atoms with Crippen LogP contribution in [0.2, 0.25) is 0 Å². The van der Waals surface area contributed by atoms with Gasteiger partial charge in [-0.05, 0) is 29.3 Å². The van der Waals surface area contributed by atoms with Crippen molar-refractivity contribution in [1.29, 1.82) is 0 Å². The van der Waals surface area contributed by atoms with Gasteiger partial charge in [0.05, 0.1) is 7.11 Å². The smallest absolute Gasteiger partial charge is 0.333 e. The Bertz CT molecular complexity index is 1120. The summed E-state index contributed by atoms with van der Waals surface area (Å²) in [5.74, 6) is -2.07. The van der Waals surface area contributed by atoms with Gasteiger partial charge in [-0.2, -0.15) is 0 Å². The summed E-state index contributed by atoms with van der Waals surface area (Å²) < 4.78 is 24.3. The monoisotopic (exact) mass is 402 g/mol. The number of fused-ring (bicyclic) bond motifs is 1. The fraction of sp³-hybridized carbons (Fsp3) is 0.120. The van der Waals surface area contributed by atoms with Crippen LogP contribution >= 0.6 is 0 Å². The molecule has 0 unspecified atom stereocenters. The maximum Gasteiger partial charge on any atom is 0.333 e. The summed E-state index contributed by atoms with van der Waals surface area (Å²) in [5, 5.41) is 0. The highest BCUT2D eigenvalue weighted by atomic mass is 19.1. The van der Waals surface area contributed by atoms with Crippen molar-refractivity contribution in [3.05, 3.63) is 114 Å². The predicted molar refractivity (Wildman–Crippen MR) is 110 cm³/mol. The summed E-state index contributed by atoms with van der Waals surface area (Å²) in [5.41, 5.74) is 0.479. The van der Waals surface area contributed by atoms with Crippen molar-refractivity contribution in [1.82, 2.24) is 0 Å². The highest BCUT2D eigenvalue weighted by molar-refractivity contribution is 6.00. The van der Waals surface area contributed by atoms with E-state index in [1.807, 2.05) is 30.3 Å². The summed E-state index contributed by atoms with van der Waals surface area (Å²) in [6.45, 7) is 3.97. The molecule has 0 bridgehead atoms. The first-order valence-electron chi connectivity index (χ1n) is 9.40. The van der Waals surface area contributed by atoms with E-state index in [0.29, 0.717) is 22.4 Å². The van der Waals surface area contributed by atoms with Crippen molar-refractivity contribution in [2.45, 2.75) is 11.3 Å². The topological polar surface area (TPSA) is 52.6 Å². The first-order valence-corrected chi connectivity index (χ1v) is 9.40. The molecule has 0 aliphatic carbocycles. The Morgan fingerprint density at radius 1 is 1.00 bits per heavy atom. The minimum Gasteiger partial charge on any atom is -0.466 e. The zero-order valence-corrected chi connectivity index (χ0v) is 16.3. The van der Waals surface area contributed by atoms with Crippen molar-refractivity contribution >= 4 is 11.9 Å². The molecule has 0 radical (unpaired) electrons. The largest absolute Gasteiger partial charge is 0.466 e. The number of benzene rings is 3. The van der Waals surface area contributed by atoms with Gasteiger partial charge < -0.3 is 9.47 Å². The van der Waals surface area contributed by atoms with Gasteiger partial charge in [0.25, 0.3) is 0 Å². The summed E-state index contributed by atoms with van der Waals surface area (Å²) >= 11 is 0. The molecule has 3 aromatic rings. The minimum absolute atomic E-state index is 0.0709. The number of ether oxygens (including phenoxy) is 2. The normalized spacial score (nSPS) is 18.3. The van der Waals surface area contributed by atoms with Gasteiger partial charge in [-0.1, -0.05) is 67.2 Å². The summed E-state index contributed by atoms with van der Waals surface area (Å²) in [4.78, 5) is 26.2. The third kappa shape index (κ3) is 2.90. The maximum atomic E-state index is 13.7. The SMILES string of the molecule is C=C(C(=O)OC)[C@@H](c1ccc(F)cc1)[C@@]1(c2ccccc2)C(=O)Oc2ccccc21. The van der Waals surface area contributed by atoms with E-state index >= 15 is 0 Å². The molecule has 1 heterocycles. The van der Waals surface area contributed by atoms with Crippen molar-refractivity contribution in [2.24, 2.45) is 0 Å². The van der Waals surface area contributed by atoms with E-state index in [1.54, 1.807) is 36.4 Å². The first-order chi connectivity index (χ1) is 14.5. The zero-order valence-electron chi connectivity index (χ0n) is 16.3. The van der Waals surface area contributed by atoms with E-state index in [-0.39, 0.29) is 5.57 Å². The van der Waals surface area contributed by atoms with Crippen LogP contribution in [0, 0.1) is 5.82 Å². The molecule has 1 aliphatic rings. The predicted octanol–water partition coefficient (Wildman–Crippen LogP) is 4.54. The third-order valence-electron chi connectivity index (χ3n) is 5.50. The van der Waals surface area contributed by atoms with Crippen LogP contribution in [-0.2, 0) is 19.7 Å². The summed E-state index contributed by atoms with van der Waals surface area (Å²) in [6.07, 6.45) is 0. The van der Waals surface area contributed by atoms with Crippen LogP contribution in [0.3, 0.4) is 0 Å². The molecule has 0 amide bonds. The molecule has 2 atom stereocenters. The second-order valence-electron chi connectivity index (χ2n) is 7.06. The number of carbonyl (C=O) groups excluding carboxylic acids is 2. The Labute approximate surface area is 173 Å². The number of methoxy groups -OCH3 is 1. The van der Waals surface area contributed by atoms with E-state index < -0.39 is 29.1 Å². The molecule has 0 fully saturated rings. The quantitative estimate of drug-likeness (QED) is 0.357. The van der Waals surface area contributed by atoms with E-state index in [0.717, 1.165) is 0 Å². The van der Waals surface area contributed by atoms with E-state index in [1.165, 1.54) is 19.2 Å². The number of hydrogen-bond acceptors (Lipinski definition) is 4. The van der Waals surface area contributed by atoms with Crippen molar-refractivity contribution in [3.8, 4) is 5.75 Å². The lowest BCUT2D eigenvalue weighted by Crippen LogP contribution is -2.43. The van der Waals surface area contributed by atoms with Crippen LogP contribution in [0.15, 0.2) is 91.0 Å². The number of carbonyl (C=O) groups is 2. The van der Waals surface area contributed by atoms with E-state index in [2.05, 4.69) is 6.58 Å². The lowest BCUT2D eigenvalue weighted by atomic mass is 9.62. The molecule has 0 N–H and O–H groups in total. The number of esters is 2. The standard InChI is InChI=1S/C25H19FO4/c1-16(23(27)29-2)22(17-12-14-19(26)15-13-17)25(18-8-4-3-5-9-18)20-10-6-7-11-21(20)30-24(25)28/h3-15,22H,1H2,2H3/t22-,25-/m0/s1. The highest BCUT2D eigenvalue weighted by Gasteiger charge is 2.57. The van der Waals surface area contributed by atoms with Crippen molar-refractivity contribution < 1.29 is 23.5 Å². The van der Waals surface area contributed by atoms with Crippen LogP contribution in [0.1, 0.15) is 22.6 Å². The van der Waals surface area contributed by atoms with Crippen LogP contribution in [0.25, 0.3) is 0 Å². The third-order valence-corrected chi connectivity index (χ3v) is 5.50.